The van der Waals surface area contributed by atoms with E-state index in [0.717, 1.165) is 5.69 Å². The summed E-state index contributed by atoms with van der Waals surface area (Å²) in [5.74, 6) is -1.14. The molecule has 0 aliphatic rings. The van der Waals surface area contributed by atoms with Crippen LogP contribution in [0.2, 0.25) is 0 Å². The van der Waals surface area contributed by atoms with Crippen molar-refractivity contribution in [2.45, 2.75) is 13.5 Å². The zero-order valence-electron chi connectivity index (χ0n) is 8.92. The van der Waals surface area contributed by atoms with Crippen LogP contribution in [0.4, 0.5) is 0 Å². The second kappa shape index (κ2) is 5.41. The van der Waals surface area contributed by atoms with Crippen molar-refractivity contribution in [2.75, 3.05) is 13.6 Å². The Kier molecular flexibility index (Phi) is 4.17. The second-order valence-corrected chi connectivity index (χ2v) is 3.64. The van der Waals surface area contributed by atoms with Gasteiger partial charge in [-0.15, -0.1) is 0 Å². The monoisotopic (exact) mass is 209 g/mol. The molecular weight excluding hydrogens is 194 g/mol. The maximum atomic E-state index is 10.6. The van der Waals surface area contributed by atoms with Gasteiger partial charge >= 0.3 is 5.97 Å². The number of carbonyl (C=O) groups is 1. The Balaban J connectivity index is 2.43. The third kappa shape index (κ3) is 4.03. The van der Waals surface area contributed by atoms with E-state index in [-0.39, 0.29) is 5.92 Å². The lowest BCUT2D eigenvalue weighted by Crippen LogP contribution is -2.28. The summed E-state index contributed by atoms with van der Waals surface area (Å²) in [5.41, 5.74) is 0.894. The van der Waals surface area contributed by atoms with E-state index in [1.807, 2.05) is 18.0 Å². The number of hydrogen-bond donors (Lipinski definition) is 1. The molecule has 0 saturated carbocycles. The van der Waals surface area contributed by atoms with E-state index in [0.29, 0.717) is 13.1 Å². The molecule has 0 fully saturated rings. The summed E-state index contributed by atoms with van der Waals surface area (Å²) in [4.78, 5) is 20.5. The fraction of sp³-hybridized carbons (Fsp3) is 0.500. The average molecular weight is 209 g/mol. The lowest BCUT2D eigenvalue weighted by atomic mass is 10.2. The van der Waals surface area contributed by atoms with Gasteiger partial charge in [0.1, 0.15) is 6.33 Å². The zero-order valence-corrected chi connectivity index (χ0v) is 8.92. The van der Waals surface area contributed by atoms with Crippen LogP contribution in [0.5, 0.6) is 0 Å². The van der Waals surface area contributed by atoms with Crippen molar-refractivity contribution in [3.8, 4) is 0 Å². The molecule has 0 aromatic carbocycles. The third-order valence-corrected chi connectivity index (χ3v) is 2.08. The van der Waals surface area contributed by atoms with Crippen molar-refractivity contribution < 1.29 is 9.90 Å². The molecule has 1 atom stereocenters. The Hall–Kier alpha value is -1.49. The van der Waals surface area contributed by atoms with Crippen molar-refractivity contribution in [1.29, 1.82) is 0 Å². The number of carboxylic acids is 1. The van der Waals surface area contributed by atoms with Crippen molar-refractivity contribution in [1.82, 2.24) is 14.9 Å². The Bertz CT molecular complexity index is 316. The molecule has 1 aromatic heterocycles. The molecule has 1 aromatic rings. The lowest BCUT2D eigenvalue weighted by molar-refractivity contribution is -0.141. The van der Waals surface area contributed by atoms with E-state index in [1.165, 1.54) is 6.33 Å². The van der Waals surface area contributed by atoms with Crippen molar-refractivity contribution in [2.24, 2.45) is 5.92 Å². The van der Waals surface area contributed by atoms with Gasteiger partial charge in [0.05, 0.1) is 11.6 Å². The van der Waals surface area contributed by atoms with E-state index in [4.69, 9.17) is 5.11 Å². The van der Waals surface area contributed by atoms with Crippen LogP contribution >= 0.6 is 0 Å². The van der Waals surface area contributed by atoms with Gasteiger partial charge in [0.25, 0.3) is 0 Å². The van der Waals surface area contributed by atoms with Gasteiger partial charge in [-0.3, -0.25) is 9.69 Å². The fourth-order valence-electron chi connectivity index (χ4n) is 1.30. The van der Waals surface area contributed by atoms with Crippen LogP contribution in [0, 0.1) is 5.92 Å². The summed E-state index contributed by atoms with van der Waals surface area (Å²) in [5, 5.41) is 8.74. The normalized spacial score (nSPS) is 12.7. The molecule has 15 heavy (non-hydrogen) atoms. The molecule has 1 unspecified atom stereocenters. The summed E-state index contributed by atoms with van der Waals surface area (Å²) >= 11 is 0. The van der Waals surface area contributed by atoms with Gasteiger partial charge in [-0.2, -0.15) is 0 Å². The zero-order chi connectivity index (χ0) is 11.3. The first kappa shape index (κ1) is 11.6. The molecule has 5 nitrogen and oxygen atoms in total. The molecule has 1 N–H and O–H groups in total. The van der Waals surface area contributed by atoms with Crippen LogP contribution in [0.15, 0.2) is 18.6 Å². The van der Waals surface area contributed by atoms with Crippen LogP contribution in [0.3, 0.4) is 0 Å². The predicted molar refractivity (Wildman–Crippen MR) is 55.2 cm³/mol. The topological polar surface area (TPSA) is 66.3 Å². The number of carboxylic acid groups (broad SMARTS) is 1. The number of aliphatic carboxylic acids is 1. The SMILES string of the molecule is CC(CN(C)Cc1ccncn1)C(=O)O. The van der Waals surface area contributed by atoms with E-state index in [9.17, 15) is 4.79 Å². The molecule has 0 aliphatic heterocycles. The standard InChI is InChI=1S/C10H15N3O2/c1-8(10(14)15)5-13(2)6-9-3-4-11-7-12-9/h3-4,7-8H,5-6H2,1-2H3,(H,14,15). The molecule has 0 bridgehead atoms. The summed E-state index contributed by atoms with van der Waals surface area (Å²) in [7, 11) is 1.88. The number of hydrogen-bond acceptors (Lipinski definition) is 4. The van der Waals surface area contributed by atoms with Crippen LogP contribution in [0.1, 0.15) is 12.6 Å². The Morgan fingerprint density at radius 1 is 1.67 bits per heavy atom. The smallest absolute Gasteiger partial charge is 0.307 e. The molecule has 0 amide bonds. The summed E-state index contributed by atoms with van der Waals surface area (Å²) in [6.07, 6.45) is 3.17. The number of aromatic nitrogens is 2. The predicted octanol–water partition coefficient (Wildman–Crippen LogP) is 0.629. The first-order valence-corrected chi connectivity index (χ1v) is 4.76. The highest BCUT2D eigenvalue weighted by molar-refractivity contribution is 5.69. The van der Waals surface area contributed by atoms with Crippen molar-refractivity contribution in [3.63, 3.8) is 0 Å². The first-order valence-electron chi connectivity index (χ1n) is 4.76. The molecule has 0 saturated heterocycles. The van der Waals surface area contributed by atoms with Gasteiger partial charge in [-0.05, 0) is 13.1 Å². The first-order chi connectivity index (χ1) is 7.09. The maximum Gasteiger partial charge on any atom is 0.307 e. The van der Waals surface area contributed by atoms with E-state index >= 15 is 0 Å². The van der Waals surface area contributed by atoms with Gasteiger partial charge in [0.2, 0.25) is 0 Å². The third-order valence-electron chi connectivity index (χ3n) is 2.08. The Morgan fingerprint density at radius 3 is 2.93 bits per heavy atom. The molecule has 1 heterocycles. The van der Waals surface area contributed by atoms with Crippen LogP contribution in [0.25, 0.3) is 0 Å². The van der Waals surface area contributed by atoms with Crippen LogP contribution < -0.4 is 0 Å². The molecule has 0 aliphatic carbocycles. The molecular formula is C10H15N3O2. The average Bonchev–Trinajstić information content (AvgIpc) is 2.18. The van der Waals surface area contributed by atoms with Crippen molar-refractivity contribution in [3.05, 3.63) is 24.3 Å². The van der Waals surface area contributed by atoms with Gasteiger partial charge in [0, 0.05) is 19.3 Å². The number of rotatable bonds is 5. The van der Waals surface area contributed by atoms with Gasteiger partial charge in [-0.1, -0.05) is 6.92 Å². The Morgan fingerprint density at radius 2 is 2.40 bits per heavy atom. The molecule has 82 valence electrons. The lowest BCUT2D eigenvalue weighted by Gasteiger charge is -2.18. The second-order valence-electron chi connectivity index (χ2n) is 3.64. The van der Waals surface area contributed by atoms with E-state index in [1.54, 1.807) is 13.1 Å². The van der Waals surface area contributed by atoms with Crippen LogP contribution in [-0.2, 0) is 11.3 Å². The van der Waals surface area contributed by atoms with Crippen molar-refractivity contribution >= 4 is 5.97 Å². The molecule has 5 heteroatoms. The minimum atomic E-state index is -0.774. The highest BCUT2D eigenvalue weighted by Crippen LogP contribution is 2.02. The summed E-state index contributed by atoms with van der Waals surface area (Å²) in [6, 6.07) is 1.82. The largest absolute Gasteiger partial charge is 0.481 e. The van der Waals surface area contributed by atoms with Gasteiger partial charge in [0.15, 0.2) is 0 Å². The summed E-state index contributed by atoms with van der Waals surface area (Å²) in [6.45, 7) is 2.85. The molecule has 1 rings (SSSR count). The number of nitrogens with zero attached hydrogens (tertiary/aromatic N) is 3. The van der Waals surface area contributed by atoms with Gasteiger partial charge in [-0.25, -0.2) is 9.97 Å². The van der Waals surface area contributed by atoms with E-state index < -0.39 is 5.97 Å². The Labute approximate surface area is 88.8 Å². The fourth-order valence-corrected chi connectivity index (χ4v) is 1.30. The minimum Gasteiger partial charge on any atom is -0.481 e. The van der Waals surface area contributed by atoms with E-state index in [2.05, 4.69) is 9.97 Å². The van der Waals surface area contributed by atoms with Crippen LogP contribution in [-0.4, -0.2) is 39.5 Å². The maximum absolute atomic E-state index is 10.6. The molecule has 0 spiro atoms. The minimum absolute atomic E-state index is 0.364. The highest BCUT2D eigenvalue weighted by atomic mass is 16.4. The quantitative estimate of drug-likeness (QED) is 0.770. The van der Waals surface area contributed by atoms with Gasteiger partial charge < -0.3 is 5.11 Å². The summed E-state index contributed by atoms with van der Waals surface area (Å²) < 4.78 is 0. The molecule has 0 radical (unpaired) electrons. The highest BCUT2D eigenvalue weighted by Gasteiger charge is 2.13.